The fraction of sp³-hybridized carbons (Fsp3) is 0.500. The summed E-state index contributed by atoms with van der Waals surface area (Å²) in [6, 6.07) is 1.37. The molecular formula is C8H13KN2O2S. The van der Waals surface area contributed by atoms with Crippen molar-refractivity contribution in [1.82, 2.24) is 9.97 Å². The molecule has 0 aliphatic carbocycles. The molecule has 2 N–H and O–H groups in total. The van der Waals surface area contributed by atoms with Crippen molar-refractivity contribution in [2.75, 3.05) is 0 Å². The Morgan fingerprint density at radius 1 is 1.43 bits per heavy atom. The molecule has 6 heteroatoms. The quantitative estimate of drug-likeness (QED) is 0.392. The third-order valence-electron chi connectivity index (χ3n) is 0.686. The molecule has 1 heterocycles. The van der Waals surface area contributed by atoms with Gasteiger partial charge in [-0.25, -0.2) is 0 Å². The minimum atomic E-state index is -0.750. The first-order valence-electron chi connectivity index (χ1n) is 3.77. The second-order valence-electron chi connectivity index (χ2n) is 3.41. The SMILES string of the molecule is CC(C)(C)[O-].O=c1cc[nH]c(=S)[nH]1.[K+]. The van der Waals surface area contributed by atoms with Crippen LogP contribution in [0.25, 0.3) is 0 Å². The van der Waals surface area contributed by atoms with E-state index in [1.165, 1.54) is 12.3 Å². The molecule has 4 nitrogen and oxygen atoms in total. The van der Waals surface area contributed by atoms with Gasteiger partial charge in [-0.1, -0.05) is 20.8 Å². The van der Waals surface area contributed by atoms with Crippen LogP contribution in [0.4, 0.5) is 0 Å². The van der Waals surface area contributed by atoms with Gasteiger partial charge in [0.25, 0.3) is 5.56 Å². The maximum absolute atomic E-state index is 10.3. The van der Waals surface area contributed by atoms with E-state index < -0.39 is 5.60 Å². The fourth-order valence-corrected chi connectivity index (χ4v) is 0.551. The minimum Gasteiger partial charge on any atom is -0.850 e. The van der Waals surface area contributed by atoms with Crippen molar-refractivity contribution < 1.29 is 56.5 Å². The topological polar surface area (TPSA) is 71.7 Å². The molecule has 0 radical (unpaired) electrons. The number of hydrogen-bond donors (Lipinski definition) is 2. The number of hydrogen-bond acceptors (Lipinski definition) is 3. The predicted molar refractivity (Wildman–Crippen MR) is 52.0 cm³/mol. The monoisotopic (exact) mass is 240 g/mol. The van der Waals surface area contributed by atoms with Gasteiger partial charge in [-0.3, -0.25) is 9.78 Å². The Morgan fingerprint density at radius 3 is 2.07 bits per heavy atom. The summed E-state index contributed by atoms with van der Waals surface area (Å²) < 4.78 is 0.359. The third kappa shape index (κ3) is 15.2. The zero-order chi connectivity index (χ0) is 10.5. The Labute approximate surface area is 131 Å². The Kier molecular flexibility index (Phi) is 9.68. The van der Waals surface area contributed by atoms with Gasteiger partial charge in [-0.05, 0) is 12.2 Å². The van der Waals surface area contributed by atoms with Gasteiger partial charge >= 0.3 is 51.4 Å². The molecule has 0 aliphatic rings. The summed E-state index contributed by atoms with van der Waals surface area (Å²) in [6.45, 7) is 4.90. The van der Waals surface area contributed by atoms with Crippen molar-refractivity contribution in [2.24, 2.45) is 0 Å². The van der Waals surface area contributed by atoms with E-state index in [-0.39, 0.29) is 56.9 Å². The first-order chi connectivity index (χ1) is 5.79. The van der Waals surface area contributed by atoms with Gasteiger partial charge in [-0.2, -0.15) is 0 Å². The van der Waals surface area contributed by atoms with Crippen LogP contribution < -0.4 is 62.1 Å². The molecule has 0 fully saturated rings. The second kappa shape index (κ2) is 7.92. The molecule has 0 bridgehead atoms. The van der Waals surface area contributed by atoms with Crippen LogP contribution in [0.5, 0.6) is 0 Å². The maximum atomic E-state index is 10.3. The molecule has 0 unspecified atom stereocenters. The standard InChI is InChI=1S/C4H4N2OS.C4H9O.K/c7-3-1-2-5-4(8)6-3;1-4(2,3)5;/h1-2H,(H2,5,6,7,8);1-3H3;/q;-1;+1. The van der Waals surface area contributed by atoms with Crippen LogP contribution in [0.1, 0.15) is 20.8 Å². The molecule has 74 valence electrons. The van der Waals surface area contributed by atoms with Gasteiger partial charge in [0.05, 0.1) is 0 Å². The van der Waals surface area contributed by atoms with E-state index >= 15 is 0 Å². The van der Waals surface area contributed by atoms with Crippen molar-refractivity contribution in [3.8, 4) is 0 Å². The van der Waals surface area contributed by atoms with E-state index in [0.717, 1.165) is 0 Å². The number of nitrogens with one attached hydrogen (secondary N) is 2. The van der Waals surface area contributed by atoms with Crippen LogP contribution in [-0.4, -0.2) is 15.6 Å². The van der Waals surface area contributed by atoms with E-state index in [9.17, 15) is 9.90 Å². The van der Waals surface area contributed by atoms with Crippen molar-refractivity contribution in [3.63, 3.8) is 0 Å². The van der Waals surface area contributed by atoms with Crippen molar-refractivity contribution in [3.05, 3.63) is 27.4 Å². The maximum Gasteiger partial charge on any atom is 1.00 e. The van der Waals surface area contributed by atoms with E-state index in [2.05, 4.69) is 22.2 Å². The summed E-state index contributed by atoms with van der Waals surface area (Å²) in [5, 5.41) is 10.1. The number of aromatic nitrogens is 2. The zero-order valence-electron chi connectivity index (χ0n) is 8.88. The van der Waals surface area contributed by atoms with E-state index in [4.69, 9.17) is 0 Å². The second-order valence-corrected chi connectivity index (χ2v) is 3.82. The van der Waals surface area contributed by atoms with Crippen molar-refractivity contribution in [2.45, 2.75) is 26.4 Å². The Bertz CT molecular complexity index is 322. The summed E-state index contributed by atoms with van der Waals surface area (Å²) in [5.41, 5.74) is -0.922. The van der Waals surface area contributed by atoms with Gasteiger partial charge < -0.3 is 10.1 Å². The molecule has 0 amide bonds. The van der Waals surface area contributed by atoms with E-state index in [1.54, 1.807) is 20.8 Å². The smallest absolute Gasteiger partial charge is 0.850 e. The van der Waals surface area contributed by atoms with E-state index in [0.29, 0.717) is 4.77 Å². The summed E-state index contributed by atoms with van der Waals surface area (Å²) in [6.07, 6.45) is 1.50. The van der Waals surface area contributed by atoms with Gasteiger partial charge in [0, 0.05) is 12.3 Å². The Balaban J connectivity index is 0. The van der Waals surface area contributed by atoms with Crippen LogP contribution in [0.3, 0.4) is 0 Å². The van der Waals surface area contributed by atoms with Crippen LogP contribution in [0.15, 0.2) is 17.1 Å². The summed E-state index contributed by atoms with van der Waals surface area (Å²) >= 11 is 4.59. The molecular weight excluding hydrogens is 227 g/mol. The number of rotatable bonds is 0. The van der Waals surface area contributed by atoms with Crippen LogP contribution in [-0.2, 0) is 0 Å². The van der Waals surface area contributed by atoms with Crippen LogP contribution >= 0.6 is 12.2 Å². The van der Waals surface area contributed by atoms with Gasteiger partial charge in [0.1, 0.15) is 0 Å². The van der Waals surface area contributed by atoms with Crippen molar-refractivity contribution in [1.29, 1.82) is 0 Å². The first kappa shape index (κ1) is 17.1. The average Bonchev–Trinajstić information content (AvgIpc) is 1.81. The van der Waals surface area contributed by atoms with E-state index in [1.807, 2.05) is 0 Å². The summed E-state index contributed by atoms with van der Waals surface area (Å²) in [5.74, 6) is 0. The summed E-state index contributed by atoms with van der Waals surface area (Å²) in [4.78, 5) is 15.4. The largest absolute Gasteiger partial charge is 1.00 e. The van der Waals surface area contributed by atoms with Crippen LogP contribution in [0.2, 0.25) is 0 Å². The van der Waals surface area contributed by atoms with Gasteiger partial charge in [0.2, 0.25) is 0 Å². The number of H-pyrrole nitrogens is 2. The molecule has 0 saturated carbocycles. The Hall–Kier alpha value is 0.696. The van der Waals surface area contributed by atoms with Gasteiger partial charge in [0.15, 0.2) is 4.77 Å². The first-order valence-corrected chi connectivity index (χ1v) is 4.18. The molecule has 1 aromatic rings. The predicted octanol–water partition coefficient (Wildman–Crippen LogP) is -2.42. The zero-order valence-corrected chi connectivity index (χ0v) is 12.8. The summed E-state index contributed by atoms with van der Waals surface area (Å²) in [7, 11) is 0. The molecule has 0 aliphatic heterocycles. The Morgan fingerprint density at radius 2 is 1.86 bits per heavy atom. The third-order valence-corrected chi connectivity index (χ3v) is 0.906. The minimum absolute atomic E-state index is 0. The van der Waals surface area contributed by atoms with Gasteiger partial charge in [-0.15, -0.1) is 5.60 Å². The molecule has 1 rings (SSSR count). The molecule has 1 aromatic heterocycles. The molecule has 0 saturated heterocycles. The van der Waals surface area contributed by atoms with Crippen LogP contribution in [0, 0.1) is 4.77 Å². The molecule has 0 atom stereocenters. The normalized spacial score (nSPS) is 9.43. The molecule has 0 spiro atoms. The number of aromatic amines is 2. The fourth-order valence-electron chi connectivity index (χ4n) is 0.383. The molecule has 14 heavy (non-hydrogen) atoms. The average molecular weight is 240 g/mol. The van der Waals surface area contributed by atoms with Crippen molar-refractivity contribution >= 4 is 12.2 Å². The molecule has 0 aromatic carbocycles.